The molecule has 0 bridgehead atoms. The summed E-state index contributed by atoms with van der Waals surface area (Å²) in [6.45, 7) is 2.64. The highest BCUT2D eigenvalue weighted by molar-refractivity contribution is 5.99. The number of alkyl halides is 3. The van der Waals surface area contributed by atoms with Gasteiger partial charge in [0.25, 0.3) is 5.56 Å². The lowest BCUT2D eigenvalue weighted by Gasteiger charge is -2.32. The molecule has 2 aromatic carbocycles. The van der Waals surface area contributed by atoms with Crippen molar-refractivity contribution in [3.8, 4) is 22.8 Å². The smallest absolute Gasteiger partial charge is 0.408 e. The van der Waals surface area contributed by atoms with E-state index in [2.05, 4.69) is 16.8 Å². The van der Waals surface area contributed by atoms with Crippen molar-refractivity contribution in [1.29, 1.82) is 0 Å². The van der Waals surface area contributed by atoms with E-state index in [0.29, 0.717) is 46.8 Å². The Labute approximate surface area is 220 Å². The van der Waals surface area contributed by atoms with E-state index >= 15 is 0 Å². The molecule has 1 unspecified atom stereocenters. The van der Waals surface area contributed by atoms with Crippen LogP contribution in [0.25, 0.3) is 22.2 Å². The first-order valence-corrected chi connectivity index (χ1v) is 12.2. The van der Waals surface area contributed by atoms with Crippen LogP contribution in [0.4, 0.5) is 19.0 Å². The summed E-state index contributed by atoms with van der Waals surface area (Å²) in [6, 6.07) is 15.6. The van der Waals surface area contributed by atoms with Gasteiger partial charge in [-0.05, 0) is 55.3 Å². The predicted molar refractivity (Wildman–Crippen MR) is 139 cm³/mol. The molecule has 12 heteroatoms. The van der Waals surface area contributed by atoms with E-state index in [4.69, 9.17) is 10.5 Å². The number of anilines is 1. The molecule has 39 heavy (non-hydrogen) atoms. The van der Waals surface area contributed by atoms with Crippen LogP contribution in [0.2, 0.25) is 0 Å². The zero-order valence-corrected chi connectivity index (χ0v) is 20.8. The summed E-state index contributed by atoms with van der Waals surface area (Å²) in [6.07, 6.45) is -2.31. The van der Waals surface area contributed by atoms with Crippen LogP contribution >= 0.6 is 0 Å². The Morgan fingerprint density at radius 3 is 2.46 bits per heavy atom. The number of piperidine rings is 1. The third kappa shape index (κ3) is 5.35. The zero-order valence-electron chi connectivity index (χ0n) is 20.8. The maximum Gasteiger partial charge on any atom is 0.408 e. The molecule has 0 saturated carbocycles. The highest BCUT2D eigenvalue weighted by atomic mass is 19.4. The fourth-order valence-electron chi connectivity index (χ4n) is 4.76. The van der Waals surface area contributed by atoms with Crippen molar-refractivity contribution in [3.05, 3.63) is 77.6 Å². The number of aromatic nitrogens is 4. The minimum absolute atomic E-state index is 0.0933. The average Bonchev–Trinajstić information content (AvgIpc) is 3.33. The van der Waals surface area contributed by atoms with E-state index < -0.39 is 24.3 Å². The Kier molecular flexibility index (Phi) is 6.85. The van der Waals surface area contributed by atoms with Gasteiger partial charge < -0.3 is 15.4 Å². The lowest BCUT2D eigenvalue weighted by Crippen LogP contribution is -2.41. The van der Waals surface area contributed by atoms with E-state index in [1.165, 1.54) is 10.8 Å². The molecule has 1 atom stereocenters. The molecular formula is C27H25F3N6O3. The van der Waals surface area contributed by atoms with Gasteiger partial charge in [-0.3, -0.25) is 14.3 Å². The number of carbonyl (C=O) groups excluding carboxylic acids is 1. The molecule has 1 amide bonds. The molecule has 2 N–H and O–H groups in total. The van der Waals surface area contributed by atoms with E-state index in [1.807, 2.05) is 30.3 Å². The second kappa shape index (κ2) is 10.3. The number of nitrogens with zero attached hydrogens (tertiary/aromatic N) is 5. The number of nitrogens with two attached hydrogens (primary N) is 1. The SMILES string of the molecule is C=CC(=O)N1CCCC(n2nc(-c3ccc(Oc4ccccc4)cc3)c3c(N)nn(CC(F)(F)F)c(=O)c32)C1. The van der Waals surface area contributed by atoms with Gasteiger partial charge in [-0.15, -0.1) is 0 Å². The van der Waals surface area contributed by atoms with Crippen LogP contribution in [0.3, 0.4) is 0 Å². The number of nitrogen functional groups attached to an aromatic ring is 1. The van der Waals surface area contributed by atoms with Crippen LogP contribution < -0.4 is 16.0 Å². The number of rotatable bonds is 6. The van der Waals surface area contributed by atoms with Crippen molar-refractivity contribution in [2.24, 2.45) is 0 Å². The maximum atomic E-state index is 13.4. The summed E-state index contributed by atoms with van der Waals surface area (Å²) in [4.78, 5) is 27.2. The molecular weight excluding hydrogens is 513 g/mol. The summed E-state index contributed by atoms with van der Waals surface area (Å²) < 4.78 is 47.2. The molecule has 0 aliphatic carbocycles. The largest absolute Gasteiger partial charge is 0.457 e. The average molecular weight is 539 g/mol. The third-order valence-corrected chi connectivity index (χ3v) is 6.50. The number of amides is 1. The molecule has 1 aliphatic heterocycles. The van der Waals surface area contributed by atoms with Crippen LogP contribution in [0, 0.1) is 0 Å². The predicted octanol–water partition coefficient (Wildman–Crippen LogP) is 4.55. The minimum Gasteiger partial charge on any atom is -0.457 e. The Morgan fingerprint density at radius 1 is 1.10 bits per heavy atom. The summed E-state index contributed by atoms with van der Waals surface area (Å²) in [5.41, 5.74) is 5.96. The van der Waals surface area contributed by atoms with Crippen molar-refractivity contribution in [1.82, 2.24) is 24.5 Å². The first kappa shape index (κ1) is 26.0. The molecule has 0 radical (unpaired) electrons. The number of para-hydroxylation sites is 1. The second-order valence-electron chi connectivity index (χ2n) is 9.20. The van der Waals surface area contributed by atoms with E-state index in [9.17, 15) is 22.8 Å². The van der Waals surface area contributed by atoms with Gasteiger partial charge in [0.15, 0.2) is 5.82 Å². The first-order chi connectivity index (χ1) is 18.6. The van der Waals surface area contributed by atoms with Gasteiger partial charge in [-0.25, -0.2) is 4.68 Å². The minimum atomic E-state index is -4.68. The maximum absolute atomic E-state index is 13.4. The van der Waals surface area contributed by atoms with Gasteiger partial charge in [-0.1, -0.05) is 24.8 Å². The number of ether oxygens (including phenoxy) is 1. The Bertz CT molecular complexity index is 1580. The van der Waals surface area contributed by atoms with Crippen molar-refractivity contribution < 1.29 is 22.7 Å². The van der Waals surface area contributed by atoms with Gasteiger partial charge in [0.2, 0.25) is 5.91 Å². The monoisotopic (exact) mass is 538 g/mol. The van der Waals surface area contributed by atoms with E-state index in [1.54, 1.807) is 29.2 Å². The van der Waals surface area contributed by atoms with E-state index in [0.717, 1.165) is 0 Å². The van der Waals surface area contributed by atoms with Crippen LogP contribution in [-0.2, 0) is 11.3 Å². The van der Waals surface area contributed by atoms with Gasteiger partial charge in [-0.2, -0.15) is 23.4 Å². The molecule has 1 fully saturated rings. The molecule has 4 aromatic rings. The number of carbonyl (C=O) groups is 1. The van der Waals surface area contributed by atoms with Crippen molar-refractivity contribution >= 4 is 22.6 Å². The molecule has 5 rings (SSSR count). The van der Waals surface area contributed by atoms with E-state index in [-0.39, 0.29) is 29.2 Å². The summed E-state index contributed by atoms with van der Waals surface area (Å²) >= 11 is 0. The van der Waals surface area contributed by atoms with Crippen LogP contribution in [0.15, 0.2) is 72.0 Å². The molecule has 202 valence electrons. The highest BCUT2D eigenvalue weighted by Crippen LogP contribution is 2.35. The van der Waals surface area contributed by atoms with Crippen LogP contribution in [0.5, 0.6) is 11.5 Å². The first-order valence-electron chi connectivity index (χ1n) is 12.2. The van der Waals surface area contributed by atoms with Crippen LogP contribution in [-0.4, -0.2) is 49.6 Å². The number of likely N-dealkylation sites (tertiary alicyclic amines) is 1. The Balaban J connectivity index is 1.62. The number of hydrogen-bond donors (Lipinski definition) is 1. The molecule has 9 nitrogen and oxygen atoms in total. The number of benzene rings is 2. The van der Waals surface area contributed by atoms with Crippen LogP contribution in [0.1, 0.15) is 18.9 Å². The van der Waals surface area contributed by atoms with Crippen molar-refractivity contribution in [3.63, 3.8) is 0 Å². The summed E-state index contributed by atoms with van der Waals surface area (Å²) in [5.74, 6) is 0.670. The molecule has 1 aliphatic rings. The van der Waals surface area contributed by atoms with Crippen molar-refractivity contribution in [2.45, 2.75) is 31.6 Å². The number of hydrogen-bond acceptors (Lipinski definition) is 6. The van der Waals surface area contributed by atoms with Gasteiger partial charge in [0, 0.05) is 18.7 Å². The number of fused-ring (bicyclic) bond motifs is 1. The lowest BCUT2D eigenvalue weighted by molar-refractivity contribution is -0.143. The normalized spacial score (nSPS) is 15.9. The third-order valence-electron chi connectivity index (χ3n) is 6.50. The summed E-state index contributed by atoms with van der Waals surface area (Å²) in [7, 11) is 0. The quantitative estimate of drug-likeness (QED) is 0.361. The van der Waals surface area contributed by atoms with Gasteiger partial charge in [0.1, 0.15) is 29.3 Å². The zero-order chi connectivity index (χ0) is 27.7. The topological polar surface area (TPSA) is 108 Å². The van der Waals surface area contributed by atoms with Gasteiger partial charge >= 0.3 is 6.18 Å². The number of halogens is 3. The molecule has 1 saturated heterocycles. The molecule has 0 spiro atoms. The Hall–Kier alpha value is -4.61. The molecule has 2 aromatic heterocycles. The van der Waals surface area contributed by atoms with Gasteiger partial charge in [0.05, 0.1) is 11.4 Å². The Morgan fingerprint density at radius 2 is 1.79 bits per heavy atom. The summed E-state index contributed by atoms with van der Waals surface area (Å²) in [5, 5.41) is 8.59. The standard InChI is InChI=1S/C27H25F3N6O3/c1-2-21(37)34-14-6-7-18(15-34)36-24-22(25(31)33-35(26(24)38)16-27(28,29)30)23(32-36)17-10-12-20(13-11-17)39-19-8-4-3-5-9-19/h2-5,8-13,18H,1,6-7,14-16H2,(H2,31,33). The highest BCUT2D eigenvalue weighted by Gasteiger charge is 2.33. The fourth-order valence-corrected chi connectivity index (χ4v) is 4.76. The fraction of sp³-hybridized carbons (Fsp3) is 0.259. The lowest BCUT2D eigenvalue weighted by atomic mass is 10.1. The van der Waals surface area contributed by atoms with Crippen molar-refractivity contribution in [2.75, 3.05) is 18.8 Å². The molecule has 3 heterocycles. The second-order valence-corrected chi connectivity index (χ2v) is 9.20.